The topological polar surface area (TPSA) is 105 Å². The van der Waals surface area contributed by atoms with Crippen molar-refractivity contribution < 1.29 is 19.4 Å². The molecule has 0 spiro atoms. The molecule has 162 valence electrons. The van der Waals surface area contributed by atoms with Gasteiger partial charge in [-0.3, -0.25) is 9.69 Å². The van der Waals surface area contributed by atoms with Gasteiger partial charge in [0.05, 0.1) is 30.7 Å². The van der Waals surface area contributed by atoms with E-state index in [0.717, 1.165) is 6.42 Å². The van der Waals surface area contributed by atoms with Gasteiger partial charge in [-0.05, 0) is 32.8 Å². The van der Waals surface area contributed by atoms with E-state index in [9.17, 15) is 14.7 Å². The number of aromatic amines is 1. The summed E-state index contributed by atoms with van der Waals surface area (Å²) in [7, 11) is 1.62. The van der Waals surface area contributed by atoms with Crippen molar-refractivity contribution in [3.63, 3.8) is 0 Å². The molecule has 0 saturated carbocycles. The van der Waals surface area contributed by atoms with Crippen LogP contribution in [0, 0.1) is 6.92 Å². The van der Waals surface area contributed by atoms with Crippen LogP contribution in [0.2, 0.25) is 0 Å². The standard InChI is InChI=1S/C20H31N3O5S/c1-6-7-14(24)10-23(8-9-27-5)11-15-21-18(25)16-13(4)17(29-19(16)22-15)20(26)28-12(2)3/h12,14,24H,6-11H2,1-5H3,(H,21,22,25). The Morgan fingerprint density at radius 3 is 2.72 bits per heavy atom. The highest BCUT2D eigenvalue weighted by molar-refractivity contribution is 7.20. The van der Waals surface area contributed by atoms with E-state index in [0.29, 0.717) is 59.1 Å². The Morgan fingerprint density at radius 1 is 1.38 bits per heavy atom. The highest BCUT2D eigenvalue weighted by atomic mass is 32.1. The number of carbonyl (C=O) groups is 1. The number of aliphatic hydroxyl groups is 1. The van der Waals surface area contributed by atoms with Gasteiger partial charge in [-0.25, -0.2) is 9.78 Å². The Morgan fingerprint density at radius 2 is 2.10 bits per heavy atom. The van der Waals surface area contributed by atoms with Gasteiger partial charge in [0.15, 0.2) is 0 Å². The number of aliphatic hydroxyl groups excluding tert-OH is 1. The van der Waals surface area contributed by atoms with E-state index in [1.165, 1.54) is 11.3 Å². The van der Waals surface area contributed by atoms with Crippen LogP contribution in [0.5, 0.6) is 0 Å². The molecule has 0 aliphatic rings. The van der Waals surface area contributed by atoms with Crippen LogP contribution in [0.3, 0.4) is 0 Å². The quantitative estimate of drug-likeness (QED) is 0.533. The van der Waals surface area contributed by atoms with Crippen molar-refractivity contribution in [2.24, 2.45) is 0 Å². The molecule has 0 bridgehead atoms. The first kappa shape index (κ1) is 23.5. The number of carbonyl (C=O) groups excluding carboxylic acids is 1. The van der Waals surface area contributed by atoms with E-state index in [1.54, 1.807) is 27.9 Å². The number of thiophene rings is 1. The molecule has 2 N–H and O–H groups in total. The average Bonchev–Trinajstić information content (AvgIpc) is 2.96. The Balaban J connectivity index is 2.30. The minimum absolute atomic E-state index is 0.238. The van der Waals surface area contributed by atoms with Crippen molar-refractivity contribution in [2.45, 2.75) is 59.3 Å². The molecule has 0 amide bonds. The van der Waals surface area contributed by atoms with Crippen LogP contribution in [0.4, 0.5) is 0 Å². The fourth-order valence-electron chi connectivity index (χ4n) is 3.12. The second-order valence-corrected chi connectivity index (χ2v) is 8.37. The summed E-state index contributed by atoms with van der Waals surface area (Å²) >= 11 is 1.17. The van der Waals surface area contributed by atoms with Gasteiger partial charge in [0.2, 0.25) is 0 Å². The third kappa shape index (κ3) is 6.33. The van der Waals surface area contributed by atoms with Gasteiger partial charge in [0.1, 0.15) is 15.5 Å². The van der Waals surface area contributed by atoms with E-state index >= 15 is 0 Å². The molecule has 0 aliphatic heterocycles. The molecule has 2 rings (SSSR count). The summed E-state index contributed by atoms with van der Waals surface area (Å²) in [5.41, 5.74) is 0.314. The fraction of sp³-hybridized carbons (Fsp3) is 0.650. The van der Waals surface area contributed by atoms with Gasteiger partial charge < -0.3 is 19.6 Å². The third-order valence-corrected chi connectivity index (χ3v) is 5.62. The number of nitrogens with one attached hydrogen (secondary N) is 1. The fourth-order valence-corrected chi connectivity index (χ4v) is 4.20. The van der Waals surface area contributed by atoms with E-state index in [4.69, 9.17) is 9.47 Å². The lowest BCUT2D eigenvalue weighted by atomic mass is 10.2. The highest BCUT2D eigenvalue weighted by Crippen LogP contribution is 2.28. The molecule has 0 aromatic carbocycles. The summed E-state index contributed by atoms with van der Waals surface area (Å²) in [6.45, 7) is 9.28. The maximum atomic E-state index is 12.7. The normalized spacial score (nSPS) is 12.8. The SMILES string of the molecule is CCCC(O)CN(CCOC)Cc1nc2sc(C(=O)OC(C)C)c(C)c2c(=O)[nH]1. The van der Waals surface area contributed by atoms with Crippen LogP contribution in [0.15, 0.2) is 4.79 Å². The molecule has 2 aromatic heterocycles. The molecular formula is C20H31N3O5S. The number of nitrogens with zero attached hydrogens (tertiary/aromatic N) is 2. The number of hydrogen-bond acceptors (Lipinski definition) is 8. The number of hydrogen-bond donors (Lipinski definition) is 2. The number of fused-ring (bicyclic) bond motifs is 1. The maximum absolute atomic E-state index is 12.7. The second-order valence-electron chi connectivity index (χ2n) is 7.37. The third-order valence-electron chi connectivity index (χ3n) is 4.45. The summed E-state index contributed by atoms with van der Waals surface area (Å²) in [6, 6.07) is 0. The summed E-state index contributed by atoms with van der Waals surface area (Å²) in [5.74, 6) is 0.0539. The zero-order chi connectivity index (χ0) is 21.6. The minimum atomic E-state index is -0.450. The van der Waals surface area contributed by atoms with Crippen LogP contribution in [0.1, 0.15) is 54.7 Å². The van der Waals surface area contributed by atoms with Crippen LogP contribution in [-0.2, 0) is 16.0 Å². The smallest absolute Gasteiger partial charge is 0.348 e. The van der Waals surface area contributed by atoms with Crippen molar-refractivity contribution in [3.8, 4) is 0 Å². The number of rotatable bonds is 11. The van der Waals surface area contributed by atoms with Crippen molar-refractivity contribution >= 4 is 27.5 Å². The van der Waals surface area contributed by atoms with Gasteiger partial charge >= 0.3 is 5.97 Å². The Bertz CT molecular complexity index is 877. The summed E-state index contributed by atoms with van der Waals surface area (Å²) in [5, 5.41) is 10.6. The number of esters is 1. The van der Waals surface area contributed by atoms with Crippen LogP contribution in [0.25, 0.3) is 10.2 Å². The highest BCUT2D eigenvalue weighted by Gasteiger charge is 2.22. The molecule has 0 fully saturated rings. The average molecular weight is 426 g/mol. The van der Waals surface area contributed by atoms with Crippen molar-refractivity contribution in [2.75, 3.05) is 26.8 Å². The van der Waals surface area contributed by atoms with E-state index in [-0.39, 0.29) is 11.7 Å². The van der Waals surface area contributed by atoms with E-state index in [2.05, 4.69) is 9.97 Å². The summed E-state index contributed by atoms with van der Waals surface area (Å²) in [4.78, 5) is 35.3. The number of H-pyrrole nitrogens is 1. The van der Waals surface area contributed by atoms with Crippen LogP contribution >= 0.6 is 11.3 Å². The predicted octanol–water partition coefficient (Wildman–Crippen LogP) is 2.47. The molecule has 29 heavy (non-hydrogen) atoms. The number of methoxy groups -OCH3 is 1. The first-order valence-electron chi connectivity index (χ1n) is 9.89. The Labute approximate surface area is 174 Å². The number of ether oxygens (including phenoxy) is 2. The zero-order valence-electron chi connectivity index (χ0n) is 17.8. The van der Waals surface area contributed by atoms with Gasteiger partial charge in [-0.2, -0.15) is 0 Å². The number of aromatic nitrogens is 2. The molecular weight excluding hydrogens is 394 g/mol. The molecule has 0 aliphatic carbocycles. The molecule has 2 aromatic rings. The van der Waals surface area contributed by atoms with Gasteiger partial charge in [0, 0.05) is 20.2 Å². The Hall–Kier alpha value is -1.81. The lowest BCUT2D eigenvalue weighted by Crippen LogP contribution is -2.35. The molecule has 1 atom stereocenters. The first-order valence-corrected chi connectivity index (χ1v) is 10.7. The second kappa shape index (κ2) is 10.8. The van der Waals surface area contributed by atoms with Crippen molar-refractivity contribution in [1.29, 1.82) is 0 Å². The summed E-state index contributed by atoms with van der Waals surface area (Å²) < 4.78 is 10.4. The zero-order valence-corrected chi connectivity index (χ0v) is 18.6. The first-order chi connectivity index (χ1) is 13.8. The molecule has 0 radical (unpaired) electrons. The molecule has 1 unspecified atom stereocenters. The van der Waals surface area contributed by atoms with Crippen molar-refractivity contribution in [3.05, 3.63) is 26.6 Å². The Kier molecular flexibility index (Phi) is 8.76. The molecule has 9 heteroatoms. The van der Waals surface area contributed by atoms with Gasteiger partial charge in [0.25, 0.3) is 5.56 Å². The molecule has 8 nitrogen and oxygen atoms in total. The minimum Gasteiger partial charge on any atom is -0.459 e. The number of aryl methyl sites for hydroxylation is 1. The maximum Gasteiger partial charge on any atom is 0.348 e. The van der Waals surface area contributed by atoms with Crippen molar-refractivity contribution in [1.82, 2.24) is 14.9 Å². The van der Waals surface area contributed by atoms with Crippen LogP contribution < -0.4 is 5.56 Å². The largest absolute Gasteiger partial charge is 0.459 e. The predicted molar refractivity (Wildman–Crippen MR) is 114 cm³/mol. The van der Waals surface area contributed by atoms with E-state index < -0.39 is 12.1 Å². The molecule has 0 saturated heterocycles. The monoisotopic (exact) mass is 425 g/mol. The van der Waals surface area contributed by atoms with E-state index in [1.807, 2.05) is 11.8 Å². The van der Waals surface area contributed by atoms with Gasteiger partial charge in [-0.1, -0.05) is 13.3 Å². The van der Waals surface area contributed by atoms with Crippen LogP contribution in [-0.4, -0.2) is 65.0 Å². The van der Waals surface area contributed by atoms with Gasteiger partial charge in [-0.15, -0.1) is 11.3 Å². The summed E-state index contributed by atoms with van der Waals surface area (Å²) in [6.07, 6.45) is 0.911. The lowest BCUT2D eigenvalue weighted by molar-refractivity contribution is 0.0383. The molecule has 2 heterocycles. The lowest BCUT2D eigenvalue weighted by Gasteiger charge is -2.24.